The molecular formula is C18H18F3N3O3. The van der Waals surface area contributed by atoms with Gasteiger partial charge in [-0.25, -0.2) is 9.97 Å². The molecular weight excluding hydrogens is 363 g/mol. The lowest BCUT2D eigenvalue weighted by molar-refractivity contribution is -0.274. The lowest BCUT2D eigenvalue weighted by Crippen LogP contribution is -2.37. The van der Waals surface area contributed by atoms with Crippen molar-refractivity contribution >= 4 is 11.9 Å². The topological polar surface area (TPSA) is 64.6 Å². The maximum Gasteiger partial charge on any atom is 0.573 e. The summed E-state index contributed by atoms with van der Waals surface area (Å²) in [6.45, 7) is 1.33. The molecule has 1 fully saturated rings. The number of piperidine rings is 1. The van der Waals surface area contributed by atoms with E-state index in [1.54, 1.807) is 18.5 Å². The molecule has 0 unspecified atom stereocenters. The first-order valence-corrected chi connectivity index (χ1v) is 8.44. The number of carbonyl (C=O) groups is 1. The molecule has 0 radical (unpaired) electrons. The Bertz CT molecular complexity index is 746. The molecule has 0 spiro atoms. The van der Waals surface area contributed by atoms with Gasteiger partial charge < -0.3 is 14.4 Å². The molecule has 144 valence electrons. The van der Waals surface area contributed by atoms with Gasteiger partial charge in [-0.1, -0.05) is 12.1 Å². The SMILES string of the molecule is O=C(OCc1ccc(OC(F)(F)F)cc1)C1CCN(c2ncccn2)CC1. The molecule has 0 aliphatic carbocycles. The minimum atomic E-state index is -4.73. The van der Waals surface area contributed by atoms with Crippen LogP contribution in [0.4, 0.5) is 19.1 Å². The van der Waals surface area contributed by atoms with Crippen molar-refractivity contribution in [2.75, 3.05) is 18.0 Å². The van der Waals surface area contributed by atoms with Gasteiger partial charge in [0.15, 0.2) is 0 Å². The molecule has 2 aromatic rings. The second-order valence-corrected chi connectivity index (χ2v) is 6.11. The lowest BCUT2D eigenvalue weighted by atomic mass is 9.97. The number of carbonyl (C=O) groups excluding carboxylic acids is 1. The van der Waals surface area contributed by atoms with Crippen LogP contribution in [0.25, 0.3) is 0 Å². The largest absolute Gasteiger partial charge is 0.573 e. The molecule has 1 saturated heterocycles. The fourth-order valence-corrected chi connectivity index (χ4v) is 2.83. The third kappa shape index (κ3) is 5.57. The van der Waals surface area contributed by atoms with Crippen LogP contribution in [0.15, 0.2) is 42.7 Å². The Hall–Kier alpha value is -2.84. The van der Waals surface area contributed by atoms with Crippen molar-refractivity contribution in [3.8, 4) is 5.75 Å². The fourth-order valence-electron chi connectivity index (χ4n) is 2.83. The number of hydrogen-bond donors (Lipinski definition) is 0. The van der Waals surface area contributed by atoms with Gasteiger partial charge in [-0.15, -0.1) is 13.2 Å². The van der Waals surface area contributed by atoms with Crippen LogP contribution in [0, 0.1) is 5.92 Å². The van der Waals surface area contributed by atoms with Gasteiger partial charge >= 0.3 is 12.3 Å². The van der Waals surface area contributed by atoms with Crippen LogP contribution < -0.4 is 9.64 Å². The zero-order chi connectivity index (χ0) is 19.3. The summed E-state index contributed by atoms with van der Waals surface area (Å²) in [4.78, 5) is 22.6. The first-order valence-electron chi connectivity index (χ1n) is 8.44. The molecule has 27 heavy (non-hydrogen) atoms. The van der Waals surface area contributed by atoms with Crippen LogP contribution in [-0.2, 0) is 16.1 Å². The molecule has 0 N–H and O–H groups in total. The number of esters is 1. The smallest absolute Gasteiger partial charge is 0.461 e. The van der Waals surface area contributed by atoms with Gasteiger partial charge in [0.25, 0.3) is 0 Å². The van der Waals surface area contributed by atoms with E-state index in [9.17, 15) is 18.0 Å². The standard InChI is InChI=1S/C18H18F3N3O3/c19-18(20,21)27-15-4-2-13(3-5-15)12-26-16(25)14-6-10-24(11-7-14)17-22-8-1-9-23-17/h1-5,8-9,14H,6-7,10-12H2. The quantitative estimate of drug-likeness (QED) is 0.741. The van der Waals surface area contributed by atoms with Crippen molar-refractivity contribution < 1.29 is 27.4 Å². The number of anilines is 1. The lowest BCUT2D eigenvalue weighted by Gasteiger charge is -2.30. The molecule has 3 rings (SSSR count). The second-order valence-electron chi connectivity index (χ2n) is 6.11. The van der Waals surface area contributed by atoms with Gasteiger partial charge in [0.1, 0.15) is 12.4 Å². The van der Waals surface area contributed by atoms with E-state index < -0.39 is 6.36 Å². The monoisotopic (exact) mass is 381 g/mol. The Morgan fingerprint density at radius 2 is 1.74 bits per heavy atom. The number of halogens is 3. The summed E-state index contributed by atoms with van der Waals surface area (Å²) in [5.74, 6) is -0.185. The fraction of sp³-hybridized carbons (Fsp3) is 0.389. The number of rotatable bonds is 5. The predicted octanol–water partition coefficient (Wildman–Crippen LogP) is 3.34. The van der Waals surface area contributed by atoms with Crippen molar-refractivity contribution in [1.29, 1.82) is 0 Å². The Labute approximate surface area is 153 Å². The van der Waals surface area contributed by atoms with Gasteiger partial charge in [-0.3, -0.25) is 4.79 Å². The Morgan fingerprint density at radius 3 is 2.33 bits per heavy atom. The van der Waals surface area contributed by atoms with Crippen molar-refractivity contribution in [3.63, 3.8) is 0 Å². The molecule has 1 aliphatic rings. The van der Waals surface area contributed by atoms with Crippen LogP contribution >= 0.6 is 0 Å². The van der Waals surface area contributed by atoms with Crippen LogP contribution in [0.3, 0.4) is 0 Å². The molecule has 0 bridgehead atoms. The van der Waals surface area contributed by atoms with Crippen molar-refractivity contribution in [1.82, 2.24) is 9.97 Å². The Morgan fingerprint density at radius 1 is 1.11 bits per heavy atom. The van der Waals surface area contributed by atoms with E-state index >= 15 is 0 Å². The third-order valence-electron chi connectivity index (χ3n) is 4.20. The first-order chi connectivity index (χ1) is 12.9. The number of alkyl halides is 3. The van der Waals surface area contributed by atoms with Crippen molar-refractivity contribution in [2.45, 2.75) is 25.8 Å². The van der Waals surface area contributed by atoms with E-state index in [0.717, 1.165) is 0 Å². The summed E-state index contributed by atoms with van der Waals surface area (Å²) in [6, 6.07) is 6.99. The highest BCUT2D eigenvalue weighted by molar-refractivity contribution is 5.72. The zero-order valence-electron chi connectivity index (χ0n) is 14.4. The normalized spacial score (nSPS) is 15.4. The first kappa shape index (κ1) is 18.9. The predicted molar refractivity (Wildman–Crippen MR) is 89.9 cm³/mol. The number of ether oxygens (including phenoxy) is 2. The molecule has 1 aromatic carbocycles. The number of aromatic nitrogens is 2. The maximum atomic E-state index is 12.2. The second kappa shape index (κ2) is 8.24. The highest BCUT2D eigenvalue weighted by Gasteiger charge is 2.31. The number of hydrogen-bond acceptors (Lipinski definition) is 6. The van der Waals surface area contributed by atoms with E-state index in [4.69, 9.17) is 4.74 Å². The van der Waals surface area contributed by atoms with Crippen LogP contribution in [0.2, 0.25) is 0 Å². The summed E-state index contributed by atoms with van der Waals surface area (Å²) in [5, 5.41) is 0. The molecule has 2 heterocycles. The van der Waals surface area contributed by atoms with Gasteiger partial charge in [-0.2, -0.15) is 0 Å². The van der Waals surface area contributed by atoms with Gasteiger partial charge in [-0.05, 0) is 36.6 Å². The van der Waals surface area contributed by atoms with Gasteiger partial charge in [0.05, 0.1) is 5.92 Å². The highest BCUT2D eigenvalue weighted by atomic mass is 19.4. The Kier molecular flexibility index (Phi) is 5.78. The van der Waals surface area contributed by atoms with Crippen LogP contribution in [0.1, 0.15) is 18.4 Å². The molecule has 1 aliphatic heterocycles. The van der Waals surface area contributed by atoms with E-state index in [1.807, 2.05) is 4.90 Å². The number of benzene rings is 1. The summed E-state index contributed by atoms with van der Waals surface area (Å²) < 4.78 is 45.5. The van der Waals surface area contributed by atoms with E-state index in [2.05, 4.69) is 14.7 Å². The van der Waals surface area contributed by atoms with E-state index in [-0.39, 0.29) is 24.2 Å². The molecule has 1 aromatic heterocycles. The third-order valence-corrected chi connectivity index (χ3v) is 4.20. The highest BCUT2D eigenvalue weighted by Crippen LogP contribution is 2.24. The summed E-state index contributed by atoms with van der Waals surface area (Å²) in [5.41, 5.74) is 0.591. The molecule has 9 heteroatoms. The van der Waals surface area contributed by atoms with Gasteiger partial charge in [0.2, 0.25) is 5.95 Å². The molecule has 0 amide bonds. The summed E-state index contributed by atoms with van der Waals surface area (Å²) in [6.07, 6.45) is -0.111. The van der Waals surface area contributed by atoms with Crippen LogP contribution in [0.5, 0.6) is 5.75 Å². The Balaban J connectivity index is 1.45. The average molecular weight is 381 g/mol. The minimum absolute atomic E-state index is 0.00709. The average Bonchev–Trinajstić information content (AvgIpc) is 2.67. The maximum absolute atomic E-state index is 12.2. The molecule has 6 nitrogen and oxygen atoms in total. The zero-order valence-corrected chi connectivity index (χ0v) is 14.4. The van der Waals surface area contributed by atoms with Crippen LogP contribution in [-0.4, -0.2) is 35.4 Å². The molecule has 0 saturated carbocycles. The number of nitrogens with zero attached hydrogens (tertiary/aromatic N) is 3. The summed E-state index contributed by atoms with van der Waals surface area (Å²) >= 11 is 0. The minimum Gasteiger partial charge on any atom is -0.461 e. The molecule has 0 atom stereocenters. The van der Waals surface area contributed by atoms with Crippen molar-refractivity contribution in [3.05, 3.63) is 48.3 Å². The summed E-state index contributed by atoms with van der Waals surface area (Å²) in [7, 11) is 0. The van der Waals surface area contributed by atoms with Crippen molar-refractivity contribution in [2.24, 2.45) is 5.92 Å². The van der Waals surface area contributed by atoms with E-state index in [0.29, 0.717) is 37.4 Å². The van der Waals surface area contributed by atoms with E-state index in [1.165, 1.54) is 24.3 Å². The van der Waals surface area contributed by atoms with Gasteiger partial charge in [0, 0.05) is 25.5 Å².